The number of thiazole rings is 6. The summed E-state index contributed by atoms with van der Waals surface area (Å²) in [6.45, 7) is 5.04. The summed E-state index contributed by atoms with van der Waals surface area (Å²) in [5.41, 5.74) is 2.43. The number of unbranched alkanes of at least 4 members (excludes halogenated alkanes) is 1. The third-order valence-electron chi connectivity index (χ3n) is 15.2. The Morgan fingerprint density at radius 2 is 1.40 bits per heavy atom. The highest BCUT2D eigenvalue weighted by molar-refractivity contribution is 7.15. The number of nitrogens with one attached hydrogen (secondary N) is 6. The summed E-state index contributed by atoms with van der Waals surface area (Å²) in [5, 5.41) is 57.0. The number of pyridine rings is 1. The second kappa shape index (κ2) is 29.9. The van der Waals surface area contributed by atoms with Crippen molar-refractivity contribution in [1.29, 1.82) is 0 Å². The van der Waals surface area contributed by atoms with Crippen LogP contribution in [-0.4, -0.2) is 131 Å². The molecule has 4 atom stereocenters. The van der Waals surface area contributed by atoms with Crippen molar-refractivity contribution in [3.63, 3.8) is 0 Å². The molecule has 1 aliphatic carbocycles. The summed E-state index contributed by atoms with van der Waals surface area (Å²) in [4.78, 5) is 144. The van der Waals surface area contributed by atoms with E-state index in [-0.39, 0.29) is 65.9 Å². The van der Waals surface area contributed by atoms with Crippen molar-refractivity contribution < 1.29 is 58.4 Å². The van der Waals surface area contributed by atoms with Gasteiger partial charge in [0.05, 0.1) is 48.1 Å². The van der Waals surface area contributed by atoms with Crippen molar-refractivity contribution in [2.24, 2.45) is 11.8 Å². The second-order valence-electron chi connectivity index (χ2n) is 22.0. The van der Waals surface area contributed by atoms with E-state index in [1.54, 1.807) is 70.9 Å². The van der Waals surface area contributed by atoms with Crippen LogP contribution < -0.4 is 36.8 Å². The Morgan fingerprint density at radius 3 is 2.13 bits per heavy atom. The third-order valence-corrected chi connectivity index (χ3v) is 20.9. The van der Waals surface area contributed by atoms with Crippen molar-refractivity contribution in [1.82, 2.24) is 66.8 Å². The van der Waals surface area contributed by atoms with Gasteiger partial charge in [-0.15, -0.1) is 68.0 Å². The molecule has 1 saturated carbocycles. The molecule has 0 unspecified atom stereocenters. The van der Waals surface area contributed by atoms with Gasteiger partial charge in [0.2, 0.25) is 11.8 Å². The molecule has 10 rings (SSSR count). The molecule has 92 heavy (non-hydrogen) atoms. The zero-order valence-electron chi connectivity index (χ0n) is 50.2. The maximum absolute atomic E-state index is 14.4. The van der Waals surface area contributed by atoms with Crippen LogP contribution in [0.5, 0.6) is 0 Å². The fourth-order valence-electron chi connectivity index (χ4n) is 10.3. The van der Waals surface area contributed by atoms with Gasteiger partial charge in [-0.05, 0) is 69.1 Å². The van der Waals surface area contributed by atoms with Crippen LogP contribution in [-0.2, 0) is 30.5 Å². The van der Waals surface area contributed by atoms with Crippen LogP contribution in [0.2, 0.25) is 0 Å². The Morgan fingerprint density at radius 1 is 0.696 bits per heavy atom. The van der Waals surface area contributed by atoms with Gasteiger partial charge in [-0.25, -0.2) is 39.7 Å². The zero-order chi connectivity index (χ0) is 65.3. The van der Waals surface area contributed by atoms with E-state index in [2.05, 4.69) is 31.9 Å². The van der Waals surface area contributed by atoms with Gasteiger partial charge < -0.3 is 52.0 Å². The topological polar surface area (TPSA) is 372 Å². The van der Waals surface area contributed by atoms with Gasteiger partial charge >= 0.3 is 18.0 Å². The predicted octanol–water partition coefficient (Wildman–Crippen LogP) is 8.73. The number of amides is 7. The normalized spacial score (nSPS) is 18.4. The number of carbonyl (C=O) groups is 8. The average molecular weight is 1370 g/mol. The number of anilines is 1. The number of carboxylic acids is 2. The Balaban J connectivity index is 1.03. The summed E-state index contributed by atoms with van der Waals surface area (Å²) in [6.07, 6.45) is 0.770. The third kappa shape index (κ3) is 15.7. The summed E-state index contributed by atoms with van der Waals surface area (Å²) < 4.78 is 5.46. The summed E-state index contributed by atoms with van der Waals surface area (Å²) >= 11 is 7.06. The van der Waals surface area contributed by atoms with Crippen molar-refractivity contribution in [2.45, 2.75) is 109 Å². The maximum atomic E-state index is 14.4. The summed E-state index contributed by atoms with van der Waals surface area (Å²) in [6, 6.07) is 8.59. The number of benzene rings is 1. The number of ether oxygens (including phenoxy) is 1. The number of hydrogen-bond donors (Lipinski definition) is 9. The minimum atomic E-state index is -1.31. The van der Waals surface area contributed by atoms with E-state index < -0.39 is 84.2 Å². The minimum Gasteiger partial charge on any atom is -0.481 e. The lowest BCUT2D eigenvalue weighted by molar-refractivity contribution is -0.143. The van der Waals surface area contributed by atoms with Gasteiger partial charge in [0, 0.05) is 65.1 Å². The lowest BCUT2D eigenvalue weighted by Gasteiger charge is -2.29. The molecule has 1 aromatic carbocycles. The van der Waals surface area contributed by atoms with Crippen molar-refractivity contribution in [2.75, 3.05) is 32.1 Å². The number of carboxylic acid groups (broad SMARTS) is 2. The quantitative estimate of drug-likeness (QED) is 0.0408. The summed E-state index contributed by atoms with van der Waals surface area (Å²) in [5.74, 6) is -5.28. The molecule has 8 heterocycles. The molecule has 2 aliphatic rings. The van der Waals surface area contributed by atoms with E-state index in [1.807, 2.05) is 13.8 Å². The molecule has 32 heteroatoms. The molecular weight excluding hydrogens is 1300 g/mol. The number of urea groups is 1. The van der Waals surface area contributed by atoms with Gasteiger partial charge in [0.15, 0.2) is 0 Å². The number of fused-ring (bicyclic) bond motifs is 14. The van der Waals surface area contributed by atoms with Crippen LogP contribution in [0.1, 0.15) is 151 Å². The minimum absolute atomic E-state index is 0.00391. The number of methoxy groups -OCH3 is 1. The summed E-state index contributed by atoms with van der Waals surface area (Å²) in [7, 11) is 2.92. The number of aryl methyl sites for hydroxylation is 1. The number of rotatable bonds is 16. The first-order chi connectivity index (χ1) is 44.2. The first-order valence-electron chi connectivity index (χ1n) is 29.2. The predicted molar refractivity (Wildman–Crippen MR) is 348 cm³/mol. The number of aliphatic carboxylic acids is 2. The lowest BCUT2D eigenvalue weighted by Crippen LogP contribution is -2.47. The Kier molecular flexibility index (Phi) is 21.7. The molecule has 1 fully saturated rings. The lowest BCUT2D eigenvalue weighted by atomic mass is 9.86. The van der Waals surface area contributed by atoms with Gasteiger partial charge in [0.25, 0.3) is 17.7 Å². The van der Waals surface area contributed by atoms with E-state index in [1.165, 1.54) is 53.1 Å². The Hall–Kier alpha value is -8.37. The largest absolute Gasteiger partial charge is 0.481 e. The number of aromatic nitrogens is 7. The second-order valence-corrected chi connectivity index (χ2v) is 27.8. The van der Waals surface area contributed by atoms with Gasteiger partial charge in [-0.1, -0.05) is 44.2 Å². The molecule has 10 bridgehead atoms. The van der Waals surface area contributed by atoms with E-state index >= 15 is 0 Å². The number of nitrogens with zero attached hydrogens (tertiary/aromatic N) is 8. The molecule has 1 aliphatic heterocycles. The number of hydrogen-bond acceptors (Lipinski definition) is 23. The number of carbonyl (C=O) groups excluding carboxylic acids is 6. The van der Waals surface area contributed by atoms with Crippen LogP contribution in [0.15, 0.2) is 64.0 Å². The monoisotopic (exact) mass is 1360 g/mol. The molecule has 0 spiro atoms. The molecular formula is C60H64N14O12S6. The first-order valence-corrected chi connectivity index (χ1v) is 34.4. The number of aliphatic hydroxyl groups is 1. The van der Waals surface area contributed by atoms with Gasteiger partial charge in [-0.3, -0.25) is 38.5 Å². The van der Waals surface area contributed by atoms with Crippen molar-refractivity contribution >= 4 is 121 Å². The van der Waals surface area contributed by atoms with Crippen molar-refractivity contribution in [3.8, 4) is 43.4 Å². The van der Waals surface area contributed by atoms with Crippen LogP contribution in [0, 0.1) is 18.8 Å². The van der Waals surface area contributed by atoms with Crippen molar-refractivity contribution in [3.05, 3.63) is 111 Å². The molecule has 9 N–H and O–H groups in total. The highest BCUT2D eigenvalue weighted by Crippen LogP contribution is 2.41. The highest BCUT2D eigenvalue weighted by atomic mass is 32.1. The fraction of sp³-hybridized carbons (Fsp3) is 0.383. The smallest absolute Gasteiger partial charge is 0.323 e. The molecule has 26 nitrogen and oxygen atoms in total. The number of aliphatic hydroxyl groups excluding tert-OH is 1. The van der Waals surface area contributed by atoms with Gasteiger partial charge in [0.1, 0.15) is 82.2 Å². The molecule has 7 aromatic heterocycles. The molecule has 482 valence electrons. The molecule has 7 amide bonds. The Labute approximate surface area is 550 Å². The van der Waals surface area contributed by atoms with E-state index in [0.717, 1.165) is 34.0 Å². The van der Waals surface area contributed by atoms with E-state index in [0.29, 0.717) is 107 Å². The first kappa shape index (κ1) is 66.5. The molecule has 0 radical (unpaired) electrons. The molecule has 0 saturated heterocycles. The van der Waals surface area contributed by atoms with E-state index in [4.69, 9.17) is 39.6 Å². The maximum Gasteiger partial charge on any atom is 0.323 e. The zero-order valence-corrected chi connectivity index (χ0v) is 55.1. The fourth-order valence-corrected chi connectivity index (χ4v) is 15.9. The Bertz CT molecular complexity index is 4020. The van der Waals surface area contributed by atoms with Crippen LogP contribution in [0.4, 0.5) is 10.6 Å². The highest BCUT2D eigenvalue weighted by Gasteiger charge is 2.34. The van der Waals surface area contributed by atoms with Crippen LogP contribution in [0.25, 0.3) is 43.4 Å². The molecule has 8 aromatic rings. The average Bonchev–Trinajstić information content (AvgIpc) is 1.62. The van der Waals surface area contributed by atoms with Crippen LogP contribution >= 0.6 is 68.0 Å². The van der Waals surface area contributed by atoms with E-state index in [9.17, 15) is 53.7 Å². The standard InChI is InChI=1S/C60H64N14O12S6/c1-28(2)44-58-73-47(39(92-58)23-86-5)51(81)62-22-42(76)70-48(49(79)30-11-7-6-8-12-30)57-68-38(26-89-57)55-66-36(24-88-55)46-33(53-67-37(25-87-53)50(80)65-35(21-41(75)61-4)56-72-45(29(3)91-56)52(82)71-44)18-19-34(64-46)54-69-40(27-90-54)74(20-10-9-13-43(77)78)60(85)63-32-16-14-31(15-17-32)59(83)84/h6-8,11-12,18-19,24-28,31-32,35,44,48-49,79H,9-10,13-17,20-23H2,1-5H3,(H,61,75)(H,62,81)(H,63,85)(H,65,80)(H,70,76)(H,71,82)(H,77,78)(H,83,84)/t31-,32-,35-,44-,48-,49-/m0/s1. The van der Waals surface area contributed by atoms with Gasteiger partial charge in [-0.2, -0.15) is 0 Å². The SMILES string of the molecule is CNC(=O)C[C@@H]1NC(=O)c2csc(n2)-c2ccc(-c3nc(N(CCCCC(=O)O)C(=O)N[C@H]4CC[C@H](C(=O)O)CC4)cs3)nc2-c2csc(n2)-c2csc(n2)[C@H]([C@@H](O)c2ccccc2)NC(=O)CNC(=O)c2nc(sc2COC)[C@H](C(C)C)NC(=O)c2nc1sc2C. The van der Waals surface area contributed by atoms with Crippen LogP contribution in [0.3, 0.4) is 0 Å².